The maximum atomic E-state index is 8.29. The molecule has 0 aliphatic rings. The highest BCUT2D eigenvalue weighted by Gasteiger charge is 2.02. The molecule has 0 aliphatic heterocycles. The van der Waals surface area contributed by atoms with Gasteiger partial charge in [-0.3, -0.25) is 0 Å². The summed E-state index contributed by atoms with van der Waals surface area (Å²) in [4.78, 5) is 0. The Morgan fingerprint density at radius 1 is 1.71 bits per heavy atom. The zero-order valence-electron chi connectivity index (χ0n) is 8.66. The Bertz CT molecular complexity index is 208. The lowest BCUT2D eigenvalue weighted by Crippen LogP contribution is -2.29. The van der Waals surface area contributed by atoms with Crippen LogP contribution in [0, 0.1) is 12.3 Å². The molecule has 0 rings (SSSR count). The van der Waals surface area contributed by atoms with Crippen LogP contribution >= 0.6 is 0 Å². The predicted octanol–water partition coefficient (Wildman–Crippen LogP) is 0.905. The van der Waals surface area contributed by atoms with Gasteiger partial charge in [0.25, 0.3) is 0 Å². The van der Waals surface area contributed by atoms with Crippen LogP contribution < -0.4 is 11.1 Å². The first kappa shape index (κ1) is 12.8. The van der Waals surface area contributed by atoms with E-state index in [-0.39, 0.29) is 5.84 Å². The van der Waals surface area contributed by atoms with E-state index in [2.05, 4.69) is 23.3 Å². The summed E-state index contributed by atoms with van der Waals surface area (Å²) in [6.45, 7) is 2.94. The molecule has 14 heavy (non-hydrogen) atoms. The van der Waals surface area contributed by atoms with Crippen LogP contribution in [0.2, 0.25) is 0 Å². The highest BCUT2D eigenvalue weighted by Crippen LogP contribution is 1.96. The van der Waals surface area contributed by atoms with Gasteiger partial charge in [0.1, 0.15) is 5.84 Å². The topological polar surface area (TPSA) is 70.6 Å². The summed E-state index contributed by atoms with van der Waals surface area (Å²) in [6.07, 6.45) is 8.45. The first-order chi connectivity index (χ1) is 6.74. The number of nitrogens with one attached hydrogen (secondary N) is 1. The van der Waals surface area contributed by atoms with Gasteiger partial charge in [-0.05, 0) is 19.4 Å². The van der Waals surface area contributed by atoms with E-state index in [4.69, 9.17) is 17.4 Å². The SMILES string of the molecule is C#CCC(CC)NCCCC(N)=NO. The normalized spacial score (nSPS) is 13.6. The number of rotatable bonds is 7. The van der Waals surface area contributed by atoms with E-state index < -0.39 is 0 Å². The first-order valence-electron chi connectivity index (χ1n) is 4.87. The molecule has 1 atom stereocenters. The number of nitrogens with two attached hydrogens (primary N) is 1. The van der Waals surface area contributed by atoms with Crippen molar-refractivity contribution in [2.75, 3.05) is 6.54 Å². The van der Waals surface area contributed by atoms with Crippen LogP contribution in [0.1, 0.15) is 32.6 Å². The second-order valence-electron chi connectivity index (χ2n) is 3.16. The molecule has 4 N–H and O–H groups in total. The van der Waals surface area contributed by atoms with E-state index >= 15 is 0 Å². The molecule has 0 saturated carbocycles. The second-order valence-corrected chi connectivity index (χ2v) is 3.16. The van der Waals surface area contributed by atoms with E-state index in [9.17, 15) is 0 Å². The monoisotopic (exact) mass is 197 g/mol. The first-order valence-corrected chi connectivity index (χ1v) is 4.87. The minimum absolute atomic E-state index is 0.275. The van der Waals surface area contributed by atoms with Crippen molar-refractivity contribution in [3.63, 3.8) is 0 Å². The Hall–Kier alpha value is -1.21. The lowest BCUT2D eigenvalue weighted by Gasteiger charge is -2.13. The van der Waals surface area contributed by atoms with Crippen molar-refractivity contribution >= 4 is 5.84 Å². The molecule has 0 spiro atoms. The zero-order valence-corrected chi connectivity index (χ0v) is 8.66. The number of amidine groups is 1. The number of terminal acetylenes is 1. The summed E-state index contributed by atoms with van der Waals surface area (Å²) in [6, 6.07) is 0.382. The Balaban J connectivity index is 3.47. The summed E-state index contributed by atoms with van der Waals surface area (Å²) >= 11 is 0. The van der Waals surface area contributed by atoms with Gasteiger partial charge in [-0.15, -0.1) is 12.3 Å². The molecule has 4 heteroatoms. The average Bonchev–Trinajstić information content (AvgIpc) is 2.22. The lowest BCUT2D eigenvalue weighted by molar-refractivity contribution is 0.316. The minimum atomic E-state index is 0.275. The standard InChI is InChI=1S/C10H19N3O/c1-3-6-9(4-2)12-8-5-7-10(11)13-14/h1,9,12,14H,4-8H2,2H3,(H2,11,13). The maximum absolute atomic E-state index is 8.29. The summed E-state index contributed by atoms with van der Waals surface area (Å²) < 4.78 is 0. The van der Waals surface area contributed by atoms with Crippen LogP contribution in [0.15, 0.2) is 5.16 Å². The molecular weight excluding hydrogens is 178 g/mol. The summed E-state index contributed by atoms with van der Waals surface area (Å²) in [5.74, 6) is 2.90. The molecule has 0 aromatic carbocycles. The molecule has 0 aromatic rings. The highest BCUT2D eigenvalue weighted by atomic mass is 16.4. The summed E-state index contributed by atoms with van der Waals surface area (Å²) in [5, 5.41) is 14.5. The molecule has 1 unspecified atom stereocenters. The average molecular weight is 197 g/mol. The van der Waals surface area contributed by atoms with Gasteiger partial charge in [-0.25, -0.2) is 0 Å². The Kier molecular flexibility index (Phi) is 7.67. The van der Waals surface area contributed by atoms with Crippen LogP contribution in [0.5, 0.6) is 0 Å². The fraction of sp³-hybridized carbons (Fsp3) is 0.700. The van der Waals surface area contributed by atoms with Crippen LogP contribution in [0.3, 0.4) is 0 Å². The van der Waals surface area contributed by atoms with Crippen LogP contribution in [0.25, 0.3) is 0 Å². The van der Waals surface area contributed by atoms with Crippen molar-refractivity contribution < 1.29 is 5.21 Å². The molecule has 0 heterocycles. The van der Waals surface area contributed by atoms with E-state index in [1.54, 1.807) is 0 Å². The van der Waals surface area contributed by atoms with Crippen LogP contribution in [0.4, 0.5) is 0 Å². The van der Waals surface area contributed by atoms with Gasteiger partial charge in [0.05, 0.1) is 0 Å². The van der Waals surface area contributed by atoms with Gasteiger partial charge < -0.3 is 16.3 Å². The smallest absolute Gasteiger partial charge is 0.139 e. The van der Waals surface area contributed by atoms with Gasteiger partial charge in [0.15, 0.2) is 0 Å². The molecule has 0 fully saturated rings. The van der Waals surface area contributed by atoms with E-state index in [0.29, 0.717) is 12.5 Å². The van der Waals surface area contributed by atoms with Crippen molar-refractivity contribution in [2.45, 2.75) is 38.6 Å². The van der Waals surface area contributed by atoms with Crippen LogP contribution in [-0.2, 0) is 0 Å². The minimum Gasteiger partial charge on any atom is -0.409 e. The zero-order chi connectivity index (χ0) is 10.8. The molecule has 0 aliphatic carbocycles. The molecular formula is C10H19N3O. The number of hydrogen-bond donors (Lipinski definition) is 3. The van der Waals surface area contributed by atoms with Crippen molar-refractivity contribution in [1.82, 2.24) is 5.32 Å². The van der Waals surface area contributed by atoms with Gasteiger partial charge in [-0.1, -0.05) is 12.1 Å². The van der Waals surface area contributed by atoms with Gasteiger partial charge in [0.2, 0.25) is 0 Å². The van der Waals surface area contributed by atoms with Gasteiger partial charge in [0, 0.05) is 18.9 Å². The summed E-state index contributed by atoms with van der Waals surface area (Å²) in [7, 11) is 0. The van der Waals surface area contributed by atoms with Crippen LogP contribution in [-0.4, -0.2) is 23.6 Å². The molecule has 0 aromatic heterocycles. The third-order valence-electron chi connectivity index (χ3n) is 2.03. The van der Waals surface area contributed by atoms with E-state index in [1.807, 2.05) is 0 Å². The summed E-state index contributed by atoms with van der Waals surface area (Å²) in [5.41, 5.74) is 5.32. The molecule has 4 nitrogen and oxygen atoms in total. The van der Waals surface area contributed by atoms with Crippen molar-refractivity contribution in [3.8, 4) is 12.3 Å². The van der Waals surface area contributed by atoms with Gasteiger partial charge >= 0.3 is 0 Å². The number of nitrogens with zero attached hydrogens (tertiary/aromatic N) is 1. The Morgan fingerprint density at radius 3 is 2.93 bits per heavy atom. The fourth-order valence-corrected chi connectivity index (χ4v) is 1.13. The Labute approximate surface area is 85.6 Å². The largest absolute Gasteiger partial charge is 0.409 e. The Morgan fingerprint density at radius 2 is 2.43 bits per heavy atom. The van der Waals surface area contributed by atoms with E-state index in [0.717, 1.165) is 25.8 Å². The van der Waals surface area contributed by atoms with Crippen molar-refractivity contribution in [1.29, 1.82) is 0 Å². The van der Waals surface area contributed by atoms with Crippen molar-refractivity contribution in [3.05, 3.63) is 0 Å². The molecule has 0 bridgehead atoms. The molecule has 0 saturated heterocycles. The van der Waals surface area contributed by atoms with E-state index in [1.165, 1.54) is 0 Å². The molecule has 0 amide bonds. The fourth-order valence-electron chi connectivity index (χ4n) is 1.13. The number of oxime groups is 1. The highest BCUT2D eigenvalue weighted by molar-refractivity contribution is 5.79. The second kappa shape index (κ2) is 8.39. The maximum Gasteiger partial charge on any atom is 0.139 e. The third-order valence-corrected chi connectivity index (χ3v) is 2.03. The van der Waals surface area contributed by atoms with Gasteiger partial charge in [-0.2, -0.15) is 0 Å². The molecule has 80 valence electrons. The molecule has 0 radical (unpaired) electrons. The quantitative estimate of drug-likeness (QED) is 0.142. The third kappa shape index (κ3) is 6.32. The number of hydrogen-bond acceptors (Lipinski definition) is 3. The van der Waals surface area contributed by atoms with Crippen molar-refractivity contribution in [2.24, 2.45) is 10.9 Å². The lowest BCUT2D eigenvalue weighted by atomic mass is 10.1. The predicted molar refractivity (Wildman–Crippen MR) is 58.2 cm³/mol.